The highest BCUT2D eigenvalue weighted by molar-refractivity contribution is 9.13. The highest BCUT2D eigenvalue weighted by atomic mass is 79.9. The maximum atomic E-state index is 5.56. The van der Waals surface area contributed by atoms with Crippen molar-refractivity contribution in [1.29, 1.82) is 0 Å². The Labute approximate surface area is 117 Å². The van der Waals surface area contributed by atoms with Crippen molar-refractivity contribution in [3.63, 3.8) is 0 Å². The SMILES string of the molecule is CNC(c1cc(Br)c(Br)s1)C1CCCOC1. The molecule has 0 radical (unpaired) electrons. The van der Waals surface area contributed by atoms with Gasteiger partial charge < -0.3 is 10.1 Å². The molecule has 90 valence electrons. The van der Waals surface area contributed by atoms with Crippen molar-refractivity contribution in [3.05, 3.63) is 19.2 Å². The van der Waals surface area contributed by atoms with Gasteiger partial charge in [0, 0.05) is 27.9 Å². The molecular weight excluding hydrogens is 354 g/mol. The first-order chi connectivity index (χ1) is 7.72. The van der Waals surface area contributed by atoms with Gasteiger partial charge in [0.1, 0.15) is 0 Å². The molecule has 2 nitrogen and oxygen atoms in total. The second-order valence-electron chi connectivity index (χ2n) is 4.01. The maximum absolute atomic E-state index is 5.56. The molecule has 0 saturated carbocycles. The standard InChI is InChI=1S/C11H15Br2NOS/c1-14-10(7-3-2-4-15-6-7)9-5-8(12)11(13)16-9/h5,7,10,14H,2-4,6H2,1H3. The molecular formula is C11H15Br2NOS. The third-order valence-electron chi connectivity index (χ3n) is 2.95. The lowest BCUT2D eigenvalue weighted by Crippen LogP contribution is -2.30. The molecule has 2 heterocycles. The second kappa shape index (κ2) is 5.96. The molecule has 0 aliphatic carbocycles. The Hall–Kier alpha value is 0.580. The topological polar surface area (TPSA) is 21.3 Å². The van der Waals surface area contributed by atoms with Crippen molar-refractivity contribution in [3.8, 4) is 0 Å². The van der Waals surface area contributed by atoms with Crippen LogP contribution in [0.25, 0.3) is 0 Å². The Morgan fingerprint density at radius 3 is 2.88 bits per heavy atom. The van der Waals surface area contributed by atoms with Crippen LogP contribution in [0.5, 0.6) is 0 Å². The van der Waals surface area contributed by atoms with Crippen LogP contribution in [0.2, 0.25) is 0 Å². The number of hydrogen-bond donors (Lipinski definition) is 1. The summed E-state index contributed by atoms with van der Waals surface area (Å²) in [6.07, 6.45) is 2.43. The van der Waals surface area contributed by atoms with Gasteiger partial charge in [0.15, 0.2) is 0 Å². The van der Waals surface area contributed by atoms with Crippen LogP contribution in [0.4, 0.5) is 0 Å². The number of hydrogen-bond acceptors (Lipinski definition) is 3. The fraction of sp³-hybridized carbons (Fsp3) is 0.636. The maximum Gasteiger partial charge on any atom is 0.0843 e. The summed E-state index contributed by atoms with van der Waals surface area (Å²) in [5.41, 5.74) is 0. The molecule has 0 spiro atoms. The zero-order chi connectivity index (χ0) is 11.5. The van der Waals surface area contributed by atoms with E-state index in [2.05, 4.69) is 43.2 Å². The third-order valence-corrected chi connectivity index (χ3v) is 6.29. The van der Waals surface area contributed by atoms with Gasteiger partial charge in [-0.25, -0.2) is 0 Å². The molecule has 1 aromatic heterocycles. The normalized spacial score (nSPS) is 23.3. The van der Waals surface area contributed by atoms with Crippen molar-refractivity contribution in [2.45, 2.75) is 18.9 Å². The van der Waals surface area contributed by atoms with E-state index in [1.165, 1.54) is 21.5 Å². The van der Waals surface area contributed by atoms with E-state index in [0.717, 1.165) is 17.7 Å². The van der Waals surface area contributed by atoms with Crippen LogP contribution < -0.4 is 5.32 Å². The van der Waals surface area contributed by atoms with Gasteiger partial charge in [-0.3, -0.25) is 0 Å². The average Bonchev–Trinajstić information content (AvgIpc) is 2.61. The fourth-order valence-electron chi connectivity index (χ4n) is 2.16. The van der Waals surface area contributed by atoms with Crippen LogP contribution in [-0.2, 0) is 4.74 Å². The van der Waals surface area contributed by atoms with Crippen LogP contribution in [-0.4, -0.2) is 20.3 Å². The minimum Gasteiger partial charge on any atom is -0.381 e. The minimum absolute atomic E-state index is 0.410. The van der Waals surface area contributed by atoms with Gasteiger partial charge >= 0.3 is 0 Å². The van der Waals surface area contributed by atoms with Crippen LogP contribution in [0.15, 0.2) is 14.3 Å². The summed E-state index contributed by atoms with van der Waals surface area (Å²) >= 11 is 8.88. The van der Waals surface area contributed by atoms with Crippen molar-refractivity contribution in [2.75, 3.05) is 20.3 Å². The third kappa shape index (κ3) is 2.88. The van der Waals surface area contributed by atoms with Gasteiger partial charge in [-0.15, -0.1) is 11.3 Å². The van der Waals surface area contributed by atoms with Crippen molar-refractivity contribution in [1.82, 2.24) is 5.32 Å². The molecule has 2 unspecified atom stereocenters. The molecule has 5 heteroatoms. The van der Waals surface area contributed by atoms with Crippen LogP contribution >= 0.6 is 43.2 Å². The van der Waals surface area contributed by atoms with E-state index in [1.54, 1.807) is 11.3 Å². The van der Waals surface area contributed by atoms with E-state index < -0.39 is 0 Å². The summed E-state index contributed by atoms with van der Waals surface area (Å²) in [6, 6.07) is 2.61. The molecule has 1 N–H and O–H groups in total. The van der Waals surface area contributed by atoms with Crippen molar-refractivity contribution in [2.24, 2.45) is 5.92 Å². The van der Waals surface area contributed by atoms with E-state index >= 15 is 0 Å². The van der Waals surface area contributed by atoms with Gasteiger partial charge in [0.25, 0.3) is 0 Å². The second-order valence-corrected chi connectivity index (χ2v) is 7.27. The number of nitrogens with one attached hydrogen (secondary N) is 1. The van der Waals surface area contributed by atoms with Crippen molar-refractivity contribution >= 4 is 43.2 Å². The lowest BCUT2D eigenvalue weighted by Gasteiger charge is -2.29. The molecule has 0 aromatic carbocycles. The summed E-state index contributed by atoms with van der Waals surface area (Å²) < 4.78 is 7.87. The molecule has 1 aromatic rings. The zero-order valence-electron chi connectivity index (χ0n) is 9.13. The molecule has 0 bridgehead atoms. The highest BCUT2D eigenvalue weighted by Crippen LogP contribution is 2.39. The largest absolute Gasteiger partial charge is 0.381 e. The Morgan fingerprint density at radius 1 is 1.56 bits per heavy atom. The Morgan fingerprint density at radius 2 is 2.38 bits per heavy atom. The Bertz CT molecular complexity index is 330. The zero-order valence-corrected chi connectivity index (χ0v) is 13.1. The smallest absolute Gasteiger partial charge is 0.0843 e. The summed E-state index contributed by atoms with van der Waals surface area (Å²) in [7, 11) is 2.03. The van der Waals surface area contributed by atoms with E-state index in [9.17, 15) is 0 Å². The van der Waals surface area contributed by atoms with Crippen LogP contribution in [0.1, 0.15) is 23.8 Å². The van der Waals surface area contributed by atoms with E-state index in [4.69, 9.17) is 4.74 Å². The van der Waals surface area contributed by atoms with Gasteiger partial charge in [-0.1, -0.05) is 0 Å². The molecule has 1 aliphatic rings. The average molecular weight is 369 g/mol. The van der Waals surface area contributed by atoms with Gasteiger partial charge in [-0.05, 0) is 57.8 Å². The lowest BCUT2D eigenvalue weighted by atomic mass is 9.93. The molecule has 1 aliphatic heterocycles. The highest BCUT2D eigenvalue weighted by Gasteiger charge is 2.26. The van der Waals surface area contributed by atoms with Gasteiger partial charge in [0.05, 0.1) is 10.4 Å². The first kappa shape index (κ1) is 13.0. The van der Waals surface area contributed by atoms with E-state index in [-0.39, 0.29) is 0 Å². The molecule has 16 heavy (non-hydrogen) atoms. The predicted octanol–water partition coefficient (Wildman–Crippen LogP) is 3.96. The van der Waals surface area contributed by atoms with Gasteiger partial charge in [0.2, 0.25) is 0 Å². The van der Waals surface area contributed by atoms with E-state index in [0.29, 0.717) is 12.0 Å². The van der Waals surface area contributed by atoms with Gasteiger partial charge in [-0.2, -0.15) is 0 Å². The number of thiophene rings is 1. The molecule has 0 amide bonds. The molecule has 2 atom stereocenters. The minimum atomic E-state index is 0.410. The first-order valence-electron chi connectivity index (χ1n) is 5.42. The summed E-state index contributed by atoms with van der Waals surface area (Å²) in [5, 5.41) is 3.42. The summed E-state index contributed by atoms with van der Waals surface area (Å²) in [4.78, 5) is 1.37. The molecule has 1 saturated heterocycles. The lowest BCUT2D eigenvalue weighted by molar-refractivity contribution is 0.0407. The number of ether oxygens (including phenoxy) is 1. The van der Waals surface area contributed by atoms with Crippen LogP contribution in [0.3, 0.4) is 0 Å². The number of rotatable bonds is 3. The summed E-state index contributed by atoms with van der Waals surface area (Å²) in [5.74, 6) is 0.594. The Balaban J connectivity index is 2.14. The predicted molar refractivity (Wildman–Crippen MR) is 75.1 cm³/mol. The summed E-state index contributed by atoms with van der Waals surface area (Å²) in [6.45, 7) is 1.80. The van der Waals surface area contributed by atoms with Crippen molar-refractivity contribution < 1.29 is 4.74 Å². The Kier molecular flexibility index (Phi) is 4.85. The van der Waals surface area contributed by atoms with Crippen LogP contribution in [0, 0.1) is 5.92 Å². The fourth-order valence-corrected chi connectivity index (χ4v) is 4.45. The molecule has 1 fully saturated rings. The first-order valence-corrected chi connectivity index (χ1v) is 7.82. The number of halogens is 2. The molecule has 2 rings (SSSR count). The van der Waals surface area contributed by atoms with E-state index in [1.807, 2.05) is 7.05 Å². The quantitative estimate of drug-likeness (QED) is 0.871. The monoisotopic (exact) mass is 367 g/mol.